The van der Waals surface area contributed by atoms with Crippen molar-refractivity contribution in [1.29, 1.82) is 0 Å². The summed E-state index contributed by atoms with van der Waals surface area (Å²) in [6, 6.07) is -0.537. The molecule has 0 aromatic rings. The van der Waals surface area contributed by atoms with Gasteiger partial charge in [0.1, 0.15) is 6.04 Å². The van der Waals surface area contributed by atoms with Crippen LogP contribution in [0.2, 0.25) is 0 Å². The maximum atomic E-state index is 12.3. The van der Waals surface area contributed by atoms with E-state index in [4.69, 9.17) is 0 Å². The molecule has 1 atom stereocenters. The molecule has 0 bridgehead atoms. The predicted octanol–water partition coefficient (Wildman–Crippen LogP) is -0.0651. The smallest absolute Gasteiger partial charge is 0.242 e. The number of carbonyl (C=O) groups excluding carboxylic acids is 2. The summed E-state index contributed by atoms with van der Waals surface area (Å²) in [6.07, 6.45) is 2.73. The summed E-state index contributed by atoms with van der Waals surface area (Å²) >= 11 is 0. The minimum atomic E-state index is -3.19. The second kappa shape index (κ2) is 7.92. The number of amides is 2. The van der Waals surface area contributed by atoms with Gasteiger partial charge in [-0.3, -0.25) is 9.59 Å². The van der Waals surface area contributed by atoms with E-state index >= 15 is 0 Å². The Kier molecular flexibility index (Phi) is 6.80. The van der Waals surface area contributed by atoms with Gasteiger partial charge in [0, 0.05) is 26.1 Å². The topological polar surface area (TPSA) is 95.6 Å². The van der Waals surface area contributed by atoms with Crippen LogP contribution in [0.1, 0.15) is 33.1 Å². The molecule has 1 aliphatic rings. The second-order valence-corrected chi connectivity index (χ2v) is 8.22. The summed E-state index contributed by atoms with van der Waals surface area (Å²) in [5.74, 6) is -0.315. The number of carbonyl (C=O) groups is 2. The number of piperidine rings is 1. The summed E-state index contributed by atoms with van der Waals surface area (Å²) in [4.78, 5) is 24.1. The minimum absolute atomic E-state index is 0.164. The van der Waals surface area contributed by atoms with Crippen LogP contribution in [0.5, 0.6) is 0 Å². The number of hydrogen-bond donors (Lipinski definition) is 2. The highest BCUT2D eigenvalue weighted by atomic mass is 32.2. The third-order valence-electron chi connectivity index (χ3n) is 3.88. The van der Waals surface area contributed by atoms with E-state index in [1.54, 1.807) is 7.05 Å². The van der Waals surface area contributed by atoms with E-state index in [2.05, 4.69) is 10.6 Å². The van der Waals surface area contributed by atoms with Crippen LogP contribution in [0.15, 0.2) is 0 Å². The van der Waals surface area contributed by atoms with Gasteiger partial charge in [-0.05, 0) is 25.2 Å². The first-order valence-corrected chi connectivity index (χ1v) is 9.47. The Morgan fingerprint density at radius 1 is 1.23 bits per heavy atom. The largest absolute Gasteiger partial charge is 0.357 e. The van der Waals surface area contributed by atoms with Crippen LogP contribution in [0.4, 0.5) is 0 Å². The highest BCUT2D eigenvalue weighted by molar-refractivity contribution is 7.88. The summed E-state index contributed by atoms with van der Waals surface area (Å²) in [7, 11) is -1.65. The molecule has 0 radical (unpaired) electrons. The van der Waals surface area contributed by atoms with Crippen LogP contribution in [-0.2, 0) is 19.6 Å². The lowest BCUT2D eigenvalue weighted by atomic mass is 9.95. The Bertz CT molecular complexity index is 496. The van der Waals surface area contributed by atoms with E-state index in [1.165, 1.54) is 10.6 Å². The molecule has 7 nitrogen and oxygen atoms in total. The fraction of sp³-hybridized carbons (Fsp3) is 0.857. The van der Waals surface area contributed by atoms with Crippen molar-refractivity contribution < 1.29 is 18.0 Å². The number of likely N-dealkylation sites (N-methyl/N-ethyl adjacent to an activating group) is 1. The van der Waals surface area contributed by atoms with Crippen LogP contribution in [0.3, 0.4) is 0 Å². The van der Waals surface area contributed by atoms with Gasteiger partial charge < -0.3 is 10.6 Å². The maximum absolute atomic E-state index is 12.3. The zero-order valence-corrected chi connectivity index (χ0v) is 14.6. The molecule has 0 aromatic carbocycles. The van der Waals surface area contributed by atoms with Crippen molar-refractivity contribution in [3.63, 3.8) is 0 Å². The summed E-state index contributed by atoms with van der Waals surface area (Å²) in [5, 5.41) is 5.37. The Hall–Kier alpha value is -1.15. The van der Waals surface area contributed by atoms with Gasteiger partial charge in [0.25, 0.3) is 0 Å². The Balaban J connectivity index is 2.59. The first kappa shape index (κ1) is 18.9. The molecule has 1 aliphatic heterocycles. The molecular formula is C14H27N3O4S. The molecule has 1 fully saturated rings. The van der Waals surface area contributed by atoms with E-state index in [1.807, 2.05) is 13.8 Å². The number of sulfonamides is 1. The zero-order valence-electron chi connectivity index (χ0n) is 13.8. The van der Waals surface area contributed by atoms with Crippen molar-refractivity contribution in [1.82, 2.24) is 14.9 Å². The Morgan fingerprint density at radius 2 is 1.77 bits per heavy atom. The minimum Gasteiger partial charge on any atom is -0.357 e. The summed E-state index contributed by atoms with van der Waals surface area (Å²) in [5.41, 5.74) is 0. The van der Waals surface area contributed by atoms with Crippen molar-refractivity contribution in [2.45, 2.75) is 39.2 Å². The van der Waals surface area contributed by atoms with Crippen LogP contribution >= 0.6 is 0 Å². The van der Waals surface area contributed by atoms with Crippen molar-refractivity contribution in [3.8, 4) is 0 Å². The van der Waals surface area contributed by atoms with E-state index in [9.17, 15) is 18.0 Å². The highest BCUT2D eigenvalue weighted by Crippen LogP contribution is 2.19. The first-order chi connectivity index (χ1) is 10.1. The maximum Gasteiger partial charge on any atom is 0.242 e. The molecule has 128 valence electrons. The standard InChI is InChI=1S/C14H27N3O4S/c1-10(2)9-12(14(19)15-3)16-13(18)11-5-7-17(8-6-11)22(4,20)21/h10-12H,5-9H2,1-4H3,(H,15,19)(H,16,18). The molecule has 1 saturated heterocycles. The van der Waals surface area contributed by atoms with E-state index in [-0.39, 0.29) is 23.7 Å². The molecule has 0 spiro atoms. The van der Waals surface area contributed by atoms with Crippen molar-refractivity contribution in [2.24, 2.45) is 11.8 Å². The quantitative estimate of drug-likeness (QED) is 0.711. The summed E-state index contributed by atoms with van der Waals surface area (Å²) < 4.78 is 24.3. The molecule has 0 saturated carbocycles. The lowest BCUT2D eigenvalue weighted by Gasteiger charge is -2.30. The van der Waals surface area contributed by atoms with Gasteiger partial charge in [-0.25, -0.2) is 12.7 Å². The summed E-state index contributed by atoms with van der Waals surface area (Å²) in [6.45, 7) is 4.69. The molecule has 22 heavy (non-hydrogen) atoms. The molecule has 2 amide bonds. The lowest BCUT2D eigenvalue weighted by Crippen LogP contribution is -2.50. The van der Waals surface area contributed by atoms with E-state index in [0.717, 1.165) is 0 Å². The van der Waals surface area contributed by atoms with Gasteiger partial charge >= 0.3 is 0 Å². The third-order valence-corrected chi connectivity index (χ3v) is 5.18. The zero-order chi connectivity index (χ0) is 16.9. The van der Waals surface area contributed by atoms with Crippen molar-refractivity contribution >= 4 is 21.8 Å². The Labute approximate surface area is 132 Å². The number of rotatable bonds is 6. The molecule has 0 aromatic heterocycles. The highest BCUT2D eigenvalue weighted by Gasteiger charge is 2.31. The molecular weight excluding hydrogens is 306 g/mol. The van der Waals surface area contributed by atoms with Crippen molar-refractivity contribution in [2.75, 3.05) is 26.4 Å². The molecule has 1 unspecified atom stereocenters. The van der Waals surface area contributed by atoms with Gasteiger partial charge in [0.15, 0.2) is 0 Å². The molecule has 1 heterocycles. The first-order valence-electron chi connectivity index (χ1n) is 7.62. The van der Waals surface area contributed by atoms with Gasteiger partial charge in [-0.2, -0.15) is 0 Å². The van der Waals surface area contributed by atoms with Gasteiger partial charge in [-0.1, -0.05) is 13.8 Å². The van der Waals surface area contributed by atoms with E-state index in [0.29, 0.717) is 32.4 Å². The normalized spacial score (nSPS) is 19.0. The number of hydrogen-bond acceptors (Lipinski definition) is 4. The SMILES string of the molecule is CNC(=O)C(CC(C)C)NC(=O)C1CCN(S(C)(=O)=O)CC1. The Morgan fingerprint density at radius 3 is 2.18 bits per heavy atom. The average molecular weight is 333 g/mol. The van der Waals surface area contributed by atoms with Gasteiger partial charge in [0.05, 0.1) is 6.26 Å². The monoisotopic (exact) mass is 333 g/mol. The molecule has 0 aliphatic carbocycles. The molecule has 8 heteroatoms. The van der Waals surface area contributed by atoms with Crippen LogP contribution in [0.25, 0.3) is 0 Å². The third kappa shape index (κ3) is 5.57. The molecule has 2 N–H and O–H groups in total. The average Bonchev–Trinajstić information content (AvgIpc) is 2.44. The number of nitrogens with one attached hydrogen (secondary N) is 2. The van der Waals surface area contributed by atoms with Crippen LogP contribution in [0, 0.1) is 11.8 Å². The van der Waals surface area contributed by atoms with E-state index < -0.39 is 16.1 Å². The predicted molar refractivity (Wildman–Crippen MR) is 84.6 cm³/mol. The number of nitrogens with zero attached hydrogens (tertiary/aromatic N) is 1. The van der Waals surface area contributed by atoms with Crippen LogP contribution in [-0.4, -0.2) is 57.0 Å². The van der Waals surface area contributed by atoms with Crippen LogP contribution < -0.4 is 10.6 Å². The second-order valence-electron chi connectivity index (χ2n) is 6.24. The fourth-order valence-electron chi connectivity index (χ4n) is 2.62. The van der Waals surface area contributed by atoms with Crippen molar-refractivity contribution in [3.05, 3.63) is 0 Å². The lowest BCUT2D eigenvalue weighted by molar-refractivity contribution is -0.132. The van der Waals surface area contributed by atoms with Gasteiger partial charge in [0.2, 0.25) is 21.8 Å². The fourth-order valence-corrected chi connectivity index (χ4v) is 3.49. The molecule has 1 rings (SSSR count). The van der Waals surface area contributed by atoms with Gasteiger partial charge in [-0.15, -0.1) is 0 Å².